The molecule has 2 nitrogen and oxygen atoms in total. The molecule has 0 bridgehead atoms. The van der Waals surface area contributed by atoms with E-state index >= 15 is 0 Å². The van der Waals surface area contributed by atoms with E-state index in [0.29, 0.717) is 0 Å². The van der Waals surface area contributed by atoms with Gasteiger partial charge in [0.1, 0.15) is 11.2 Å². The van der Waals surface area contributed by atoms with Crippen LogP contribution in [0.2, 0.25) is 0 Å². The maximum Gasteiger partial charge on any atom is 0.136 e. The van der Waals surface area contributed by atoms with Crippen molar-refractivity contribution in [1.29, 1.82) is 0 Å². The van der Waals surface area contributed by atoms with Crippen LogP contribution in [0.25, 0.3) is 65.7 Å². The van der Waals surface area contributed by atoms with Crippen molar-refractivity contribution in [2.24, 2.45) is 0 Å². The van der Waals surface area contributed by atoms with Crippen LogP contribution >= 0.6 is 0 Å². The van der Waals surface area contributed by atoms with Crippen LogP contribution in [0.3, 0.4) is 0 Å². The van der Waals surface area contributed by atoms with Gasteiger partial charge in [0.25, 0.3) is 0 Å². The van der Waals surface area contributed by atoms with Crippen molar-refractivity contribution >= 4 is 60.5 Å². The molecule has 1 heterocycles. The van der Waals surface area contributed by atoms with E-state index in [9.17, 15) is 0 Å². The molecule has 2 heteroatoms. The number of anilines is 3. The molecule has 0 atom stereocenters. The van der Waals surface area contributed by atoms with E-state index in [2.05, 4.69) is 169 Å². The molecule has 0 spiro atoms. The van der Waals surface area contributed by atoms with Gasteiger partial charge in [0.2, 0.25) is 0 Å². The van der Waals surface area contributed by atoms with Crippen LogP contribution in [-0.4, -0.2) is 0 Å². The van der Waals surface area contributed by atoms with Crippen LogP contribution in [0.15, 0.2) is 180 Å². The summed E-state index contributed by atoms with van der Waals surface area (Å²) in [7, 11) is 0. The Morgan fingerprint density at radius 1 is 0.348 bits per heavy atom. The van der Waals surface area contributed by atoms with Crippen LogP contribution in [0.5, 0.6) is 0 Å². The highest BCUT2D eigenvalue weighted by molar-refractivity contribution is 6.07. The third-order valence-corrected chi connectivity index (χ3v) is 9.05. The molecule has 0 saturated carbocycles. The van der Waals surface area contributed by atoms with Gasteiger partial charge in [0.15, 0.2) is 0 Å². The molecule has 0 unspecified atom stereocenters. The summed E-state index contributed by atoms with van der Waals surface area (Å²) in [4.78, 5) is 2.39. The first-order chi connectivity index (χ1) is 22.8. The molecular weight excluding hydrogens is 558 g/mol. The first kappa shape index (κ1) is 26.3. The number of para-hydroxylation sites is 2. The summed E-state index contributed by atoms with van der Waals surface area (Å²) in [5.41, 5.74) is 9.78. The lowest BCUT2D eigenvalue weighted by molar-refractivity contribution is 0.669. The predicted octanol–water partition coefficient (Wildman–Crippen LogP) is 12.7. The Hall–Kier alpha value is -6.12. The van der Waals surface area contributed by atoms with Gasteiger partial charge in [-0.25, -0.2) is 0 Å². The Bertz CT molecular complexity index is 2530. The Kier molecular flexibility index (Phi) is 6.17. The van der Waals surface area contributed by atoms with Crippen molar-refractivity contribution in [3.8, 4) is 22.3 Å². The lowest BCUT2D eigenvalue weighted by Crippen LogP contribution is -2.11. The smallest absolute Gasteiger partial charge is 0.136 e. The predicted molar refractivity (Wildman–Crippen MR) is 194 cm³/mol. The van der Waals surface area contributed by atoms with Gasteiger partial charge in [-0.2, -0.15) is 0 Å². The second-order valence-corrected chi connectivity index (χ2v) is 11.8. The molecule has 0 radical (unpaired) electrons. The summed E-state index contributed by atoms with van der Waals surface area (Å²) < 4.78 is 6.31. The molecule has 0 amide bonds. The van der Waals surface area contributed by atoms with Crippen LogP contribution < -0.4 is 4.90 Å². The standard InChI is InChI=1S/C44H29NO/c1-2-12-33-28-34(21-20-30(33)10-1)31-22-25-36(26-23-31)45(42-18-9-13-32-11-3-4-14-37(32)42)41-17-7-5-15-38(41)35-24-27-40-39-16-6-8-19-43(39)46-44(40)29-35/h1-29H. The topological polar surface area (TPSA) is 16.4 Å². The number of furan rings is 1. The van der Waals surface area contributed by atoms with Crippen molar-refractivity contribution in [2.75, 3.05) is 4.90 Å². The first-order valence-corrected chi connectivity index (χ1v) is 15.7. The van der Waals surface area contributed by atoms with Crippen molar-refractivity contribution in [1.82, 2.24) is 0 Å². The molecule has 0 aliphatic heterocycles. The molecule has 0 aliphatic rings. The van der Waals surface area contributed by atoms with Crippen LogP contribution in [0.1, 0.15) is 0 Å². The van der Waals surface area contributed by atoms with E-state index < -0.39 is 0 Å². The van der Waals surface area contributed by atoms with Gasteiger partial charge in [-0.3, -0.25) is 0 Å². The highest BCUT2D eigenvalue weighted by Gasteiger charge is 2.20. The Morgan fingerprint density at radius 3 is 1.87 bits per heavy atom. The van der Waals surface area contributed by atoms with Gasteiger partial charge in [-0.15, -0.1) is 0 Å². The Labute approximate surface area is 267 Å². The van der Waals surface area contributed by atoms with Crippen LogP contribution in [-0.2, 0) is 0 Å². The van der Waals surface area contributed by atoms with E-state index in [-0.39, 0.29) is 0 Å². The van der Waals surface area contributed by atoms with E-state index in [1.165, 1.54) is 32.7 Å². The largest absolute Gasteiger partial charge is 0.456 e. The summed E-state index contributed by atoms with van der Waals surface area (Å²) in [5.74, 6) is 0. The molecule has 0 saturated heterocycles. The zero-order valence-corrected chi connectivity index (χ0v) is 25.1. The molecule has 1 aromatic heterocycles. The van der Waals surface area contributed by atoms with E-state index in [1.807, 2.05) is 12.1 Å². The second kappa shape index (κ2) is 10.8. The van der Waals surface area contributed by atoms with E-state index in [0.717, 1.165) is 50.1 Å². The lowest BCUT2D eigenvalue weighted by Gasteiger charge is -2.29. The number of benzene rings is 8. The Balaban J connectivity index is 1.21. The van der Waals surface area contributed by atoms with Crippen molar-refractivity contribution in [2.45, 2.75) is 0 Å². The highest BCUT2D eigenvalue weighted by atomic mass is 16.3. The van der Waals surface area contributed by atoms with Gasteiger partial charge in [0, 0.05) is 27.4 Å². The summed E-state index contributed by atoms with van der Waals surface area (Å²) in [6.07, 6.45) is 0. The normalized spacial score (nSPS) is 11.5. The summed E-state index contributed by atoms with van der Waals surface area (Å²) in [6, 6.07) is 62.8. The summed E-state index contributed by atoms with van der Waals surface area (Å²) >= 11 is 0. The molecule has 216 valence electrons. The van der Waals surface area contributed by atoms with E-state index in [4.69, 9.17) is 4.42 Å². The fraction of sp³-hybridized carbons (Fsp3) is 0. The highest BCUT2D eigenvalue weighted by Crippen LogP contribution is 2.44. The molecule has 8 aromatic carbocycles. The zero-order chi connectivity index (χ0) is 30.5. The molecule has 0 aliphatic carbocycles. The van der Waals surface area contributed by atoms with Gasteiger partial charge in [-0.1, -0.05) is 127 Å². The Morgan fingerprint density at radius 2 is 0.978 bits per heavy atom. The minimum atomic E-state index is 0.893. The van der Waals surface area contributed by atoms with Gasteiger partial charge < -0.3 is 9.32 Å². The number of rotatable bonds is 5. The summed E-state index contributed by atoms with van der Waals surface area (Å²) in [5, 5.41) is 7.18. The maximum absolute atomic E-state index is 6.31. The van der Waals surface area contributed by atoms with Gasteiger partial charge in [0.05, 0.1) is 11.4 Å². The van der Waals surface area contributed by atoms with Gasteiger partial charge in [-0.05, 0) is 81.4 Å². The molecular formula is C44H29NO. The molecule has 0 fully saturated rings. The number of nitrogens with zero attached hydrogens (tertiary/aromatic N) is 1. The molecule has 9 rings (SSSR count). The molecule has 9 aromatic rings. The molecule has 0 N–H and O–H groups in total. The minimum Gasteiger partial charge on any atom is -0.456 e. The third-order valence-electron chi connectivity index (χ3n) is 9.05. The maximum atomic E-state index is 6.31. The summed E-state index contributed by atoms with van der Waals surface area (Å²) in [6.45, 7) is 0. The van der Waals surface area contributed by atoms with Crippen molar-refractivity contribution in [3.05, 3.63) is 176 Å². The monoisotopic (exact) mass is 587 g/mol. The average Bonchev–Trinajstić information content (AvgIpc) is 3.50. The van der Waals surface area contributed by atoms with Gasteiger partial charge >= 0.3 is 0 Å². The molecule has 46 heavy (non-hydrogen) atoms. The fourth-order valence-electron chi connectivity index (χ4n) is 6.79. The quantitative estimate of drug-likeness (QED) is 0.199. The van der Waals surface area contributed by atoms with Crippen molar-refractivity contribution < 1.29 is 4.42 Å². The number of fused-ring (bicyclic) bond motifs is 5. The van der Waals surface area contributed by atoms with Crippen molar-refractivity contribution in [3.63, 3.8) is 0 Å². The van der Waals surface area contributed by atoms with E-state index in [1.54, 1.807) is 0 Å². The lowest BCUT2D eigenvalue weighted by atomic mass is 9.98. The second-order valence-electron chi connectivity index (χ2n) is 11.8. The number of hydrogen-bond donors (Lipinski definition) is 0. The first-order valence-electron chi connectivity index (χ1n) is 15.7. The van der Waals surface area contributed by atoms with Crippen LogP contribution in [0.4, 0.5) is 17.1 Å². The van der Waals surface area contributed by atoms with Crippen LogP contribution in [0, 0.1) is 0 Å². The average molecular weight is 588 g/mol. The third kappa shape index (κ3) is 4.43. The number of hydrogen-bond acceptors (Lipinski definition) is 2. The fourth-order valence-corrected chi connectivity index (χ4v) is 6.79. The SMILES string of the molecule is c1ccc(N(c2ccc(-c3ccc4ccccc4c3)cc2)c2cccc3ccccc23)c(-c2ccc3c(c2)oc2ccccc23)c1. The zero-order valence-electron chi connectivity index (χ0n) is 25.1. The minimum absolute atomic E-state index is 0.893.